The summed E-state index contributed by atoms with van der Waals surface area (Å²) in [5.41, 5.74) is 7.36. The van der Waals surface area contributed by atoms with E-state index in [1.54, 1.807) is 18.2 Å². The van der Waals surface area contributed by atoms with Crippen LogP contribution in [0.5, 0.6) is 0 Å². The predicted molar refractivity (Wildman–Crippen MR) is 78.9 cm³/mol. The van der Waals surface area contributed by atoms with Gasteiger partial charge in [0.05, 0.1) is 10.7 Å². The molecule has 2 aromatic rings. The number of aromatic amines is 1. The van der Waals surface area contributed by atoms with Crippen molar-refractivity contribution in [3.8, 4) is 0 Å². The van der Waals surface area contributed by atoms with Gasteiger partial charge in [-0.15, -0.1) is 0 Å². The zero-order valence-electron chi connectivity index (χ0n) is 10.7. The number of anilines is 3. The number of carbonyl (C=O) groups excluding carboxylic acids is 2. The second-order valence-corrected chi connectivity index (χ2v) is 4.58. The summed E-state index contributed by atoms with van der Waals surface area (Å²) in [5.74, 6) is -0.546. The summed E-state index contributed by atoms with van der Waals surface area (Å²) >= 11 is 6.01. The molecular formula is C13H13ClN4O2. The van der Waals surface area contributed by atoms with Crippen LogP contribution in [0.25, 0.3) is 0 Å². The second kappa shape index (κ2) is 5.66. The van der Waals surface area contributed by atoms with E-state index in [1.165, 1.54) is 19.2 Å². The van der Waals surface area contributed by atoms with E-state index >= 15 is 0 Å². The molecular weight excluding hydrogens is 280 g/mol. The summed E-state index contributed by atoms with van der Waals surface area (Å²) in [6, 6.07) is 6.34. The van der Waals surface area contributed by atoms with E-state index in [0.29, 0.717) is 27.8 Å². The molecule has 0 unspecified atom stereocenters. The Bertz CT molecular complexity index is 666. The fraction of sp³-hybridized carbons (Fsp3) is 0.0769. The van der Waals surface area contributed by atoms with Crippen LogP contribution in [-0.4, -0.2) is 16.8 Å². The van der Waals surface area contributed by atoms with Gasteiger partial charge < -0.3 is 21.4 Å². The molecule has 20 heavy (non-hydrogen) atoms. The minimum atomic E-state index is -0.329. The molecule has 104 valence electrons. The zero-order valence-corrected chi connectivity index (χ0v) is 11.4. The van der Waals surface area contributed by atoms with Crippen molar-refractivity contribution in [3.63, 3.8) is 0 Å². The fourth-order valence-electron chi connectivity index (χ4n) is 1.62. The number of nitrogens with one attached hydrogen (secondary N) is 3. The van der Waals surface area contributed by atoms with E-state index in [4.69, 9.17) is 17.3 Å². The summed E-state index contributed by atoms with van der Waals surface area (Å²) in [4.78, 5) is 25.6. The van der Waals surface area contributed by atoms with E-state index < -0.39 is 0 Å². The Morgan fingerprint density at radius 1 is 1.25 bits per heavy atom. The first-order chi connectivity index (χ1) is 9.45. The lowest BCUT2D eigenvalue weighted by atomic mass is 10.2. The Balaban J connectivity index is 2.12. The summed E-state index contributed by atoms with van der Waals surface area (Å²) in [7, 11) is 0. The predicted octanol–water partition coefficient (Wildman–Crippen LogP) is 2.46. The standard InChI is InChI=1S/C13H13ClN4O2/c1-7(19)17-11-3-2-9(5-10(11)14)18-13(20)12-4-8(15)6-16-12/h2-6,16H,15H2,1H3,(H,17,19)(H,18,20). The molecule has 0 radical (unpaired) electrons. The monoisotopic (exact) mass is 292 g/mol. The highest BCUT2D eigenvalue weighted by Gasteiger charge is 2.09. The maximum atomic E-state index is 11.9. The molecule has 0 saturated heterocycles. The van der Waals surface area contributed by atoms with Crippen molar-refractivity contribution >= 4 is 40.5 Å². The number of hydrogen-bond donors (Lipinski definition) is 4. The Kier molecular flexibility index (Phi) is 3.95. The second-order valence-electron chi connectivity index (χ2n) is 4.18. The van der Waals surface area contributed by atoms with Gasteiger partial charge >= 0.3 is 0 Å². The van der Waals surface area contributed by atoms with Crippen LogP contribution in [0.1, 0.15) is 17.4 Å². The average molecular weight is 293 g/mol. The maximum absolute atomic E-state index is 11.9. The zero-order chi connectivity index (χ0) is 14.7. The van der Waals surface area contributed by atoms with Crippen LogP contribution in [-0.2, 0) is 4.79 Å². The number of nitrogen functional groups attached to an aromatic ring is 1. The molecule has 7 heteroatoms. The molecule has 2 amide bonds. The number of aromatic nitrogens is 1. The molecule has 0 spiro atoms. The molecule has 0 aliphatic heterocycles. The van der Waals surface area contributed by atoms with E-state index in [1.807, 2.05) is 0 Å². The topological polar surface area (TPSA) is 100 Å². The van der Waals surface area contributed by atoms with Crippen LogP contribution in [0.15, 0.2) is 30.5 Å². The van der Waals surface area contributed by atoms with Gasteiger partial charge in [-0.2, -0.15) is 0 Å². The largest absolute Gasteiger partial charge is 0.397 e. The summed E-state index contributed by atoms with van der Waals surface area (Å²) in [6.07, 6.45) is 1.53. The number of carbonyl (C=O) groups is 2. The molecule has 0 aliphatic carbocycles. The highest BCUT2D eigenvalue weighted by Crippen LogP contribution is 2.25. The normalized spacial score (nSPS) is 10.1. The molecule has 2 rings (SSSR count). The summed E-state index contributed by atoms with van der Waals surface area (Å²) < 4.78 is 0. The van der Waals surface area contributed by atoms with Gasteiger partial charge in [-0.25, -0.2) is 0 Å². The van der Waals surface area contributed by atoms with Crippen LogP contribution in [0.2, 0.25) is 5.02 Å². The average Bonchev–Trinajstić information content (AvgIpc) is 2.79. The summed E-state index contributed by atoms with van der Waals surface area (Å²) in [6.45, 7) is 1.39. The Labute approximate surface area is 120 Å². The molecule has 0 saturated carbocycles. The first kappa shape index (κ1) is 14.0. The molecule has 6 nitrogen and oxygen atoms in total. The molecule has 0 aliphatic rings. The maximum Gasteiger partial charge on any atom is 0.272 e. The highest BCUT2D eigenvalue weighted by atomic mass is 35.5. The van der Waals surface area contributed by atoms with Gasteiger partial charge in [-0.05, 0) is 24.3 Å². The number of H-pyrrole nitrogens is 1. The van der Waals surface area contributed by atoms with Gasteiger partial charge in [0.25, 0.3) is 5.91 Å². The minimum absolute atomic E-state index is 0.217. The molecule has 0 fully saturated rings. The van der Waals surface area contributed by atoms with Gasteiger partial charge in [0.2, 0.25) is 5.91 Å². The number of benzene rings is 1. The highest BCUT2D eigenvalue weighted by molar-refractivity contribution is 6.34. The number of nitrogens with two attached hydrogens (primary N) is 1. The number of amides is 2. The molecule has 1 heterocycles. The molecule has 0 atom stereocenters. The van der Waals surface area contributed by atoms with Gasteiger partial charge in [-0.1, -0.05) is 11.6 Å². The third-order valence-electron chi connectivity index (χ3n) is 2.49. The molecule has 1 aromatic carbocycles. The molecule has 5 N–H and O–H groups in total. The Morgan fingerprint density at radius 2 is 2.00 bits per heavy atom. The lowest BCUT2D eigenvalue weighted by molar-refractivity contribution is -0.114. The van der Waals surface area contributed by atoms with Crippen LogP contribution < -0.4 is 16.4 Å². The van der Waals surface area contributed by atoms with Gasteiger partial charge in [0.15, 0.2) is 0 Å². The van der Waals surface area contributed by atoms with Crippen molar-refractivity contribution in [3.05, 3.63) is 41.2 Å². The Hall–Kier alpha value is -2.47. The fourth-order valence-corrected chi connectivity index (χ4v) is 1.85. The first-order valence-electron chi connectivity index (χ1n) is 5.78. The van der Waals surface area contributed by atoms with Crippen molar-refractivity contribution in [1.82, 2.24) is 4.98 Å². The van der Waals surface area contributed by atoms with E-state index in [2.05, 4.69) is 15.6 Å². The first-order valence-corrected chi connectivity index (χ1v) is 6.16. The SMILES string of the molecule is CC(=O)Nc1ccc(NC(=O)c2cc(N)c[nH]2)cc1Cl. The third-order valence-corrected chi connectivity index (χ3v) is 2.80. The molecule has 0 bridgehead atoms. The van der Waals surface area contributed by atoms with Gasteiger partial charge in [-0.3, -0.25) is 9.59 Å². The quantitative estimate of drug-likeness (QED) is 0.699. The van der Waals surface area contributed by atoms with Crippen LogP contribution >= 0.6 is 11.6 Å². The number of hydrogen-bond acceptors (Lipinski definition) is 3. The van der Waals surface area contributed by atoms with Crippen molar-refractivity contribution in [2.45, 2.75) is 6.92 Å². The smallest absolute Gasteiger partial charge is 0.272 e. The Morgan fingerprint density at radius 3 is 2.55 bits per heavy atom. The van der Waals surface area contributed by atoms with Crippen molar-refractivity contribution < 1.29 is 9.59 Å². The molecule has 1 aromatic heterocycles. The van der Waals surface area contributed by atoms with Crippen LogP contribution in [0, 0.1) is 0 Å². The van der Waals surface area contributed by atoms with Crippen molar-refractivity contribution in [2.75, 3.05) is 16.4 Å². The number of halogens is 1. The third kappa shape index (κ3) is 3.30. The minimum Gasteiger partial charge on any atom is -0.397 e. The van der Waals surface area contributed by atoms with E-state index in [9.17, 15) is 9.59 Å². The van der Waals surface area contributed by atoms with Crippen molar-refractivity contribution in [1.29, 1.82) is 0 Å². The van der Waals surface area contributed by atoms with Crippen LogP contribution in [0.3, 0.4) is 0 Å². The lowest BCUT2D eigenvalue weighted by Crippen LogP contribution is -2.12. The van der Waals surface area contributed by atoms with Crippen LogP contribution in [0.4, 0.5) is 17.1 Å². The summed E-state index contributed by atoms with van der Waals surface area (Å²) in [5, 5.41) is 5.59. The van der Waals surface area contributed by atoms with Gasteiger partial charge in [0.1, 0.15) is 5.69 Å². The van der Waals surface area contributed by atoms with Gasteiger partial charge in [0, 0.05) is 24.5 Å². The van der Waals surface area contributed by atoms with Crippen molar-refractivity contribution in [2.24, 2.45) is 0 Å². The number of rotatable bonds is 3. The van der Waals surface area contributed by atoms with E-state index in [0.717, 1.165) is 0 Å². The lowest BCUT2D eigenvalue weighted by Gasteiger charge is -2.08. The van der Waals surface area contributed by atoms with E-state index in [-0.39, 0.29) is 11.8 Å².